The van der Waals surface area contributed by atoms with Gasteiger partial charge in [-0.3, -0.25) is 0 Å². The molecule has 4 aromatic rings. The number of nitrogens with zero attached hydrogens (tertiary/aromatic N) is 7. The van der Waals surface area contributed by atoms with Crippen molar-refractivity contribution in [3.63, 3.8) is 0 Å². The van der Waals surface area contributed by atoms with Crippen molar-refractivity contribution in [3.05, 3.63) is 72.7 Å². The number of benzene rings is 1. The van der Waals surface area contributed by atoms with Gasteiger partial charge in [0.2, 0.25) is 0 Å². The van der Waals surface area contributed by atoms with E-state index in [1.807, 2.05) is 30.3 Å². The number of hydrogen-bond acceptors (Lipinski definition) is 5. The third-order valence-electron chi connectivity index (χ3n) is 4.50. The molecule has 0 amide bonds. The van der Waals surface area contributed by atoms with Crippen molar-refractivity contribution < 1.29 is 4.39 Å². The standard InChI is InChI=1S/C18H14FN7/c19-14-8-16(12-4-2-1-3-5-12)26-17(14)23-18(24-26)25-10-13(9-22-25)15-6-7-20-11-21-15/h1-7,9-11,14,16H,8H2/t14-,16-/m0/s1. The summed E-state index contributed by atoms with van der Waals surface area (Å²) < 4.78 is 17.7. The Labute approximate surface area is 148 Å². The van der Waals surface area contributed by atoms with Crippen LogP contribution < -0.4 is 0 Å². The van der Waals surface area contributed by atoms with Gasteiger partial charge in [-0.25, -0.2) is 23.7 Å². The Hall–Kier alpha value is -3.42. The number of rotatable bonds is 3. The minimum absolute atomic E-state index is 0.153. The van der Waals surface area contributed by atoms with E-state index in [0.717, 1.165) is 16.8 Å². The lowest BCUT2D eigenvalue weighted by atomic mass is 10.0. The summed E-state index contributed by atoms with van der Waals surface area (Å²) in [6, 6.07) is 11.4. The molecule has 3 aromatic heterocycles. The first kappa shape index (κ1) is 14.9. The van der Waals surface area contributed by atoms with Gasteiger partial charge in [0.05, 0.1) is 17.9 Å². The molecule has 0 fully saturated rings. The molecule has 0 unspecified atom stereocenters. The van der Waals surface area contributed by atoms with Crippen molar-refractivity contribution >= 4 is 0 Å². The monoisotopic (exact) mass is 347 g/mol. The maximum absolute atomic E-state index is 14.5. The summed E-state index contributed by atoms with van der Waals surface area (Å²) in [5, 5.41) is 8.80. The molecule has 5 rings (SSSR count). The molecule has 4 heterocycles. The first-order valence-corrected chi connectivity index (χ1v) is 8.26. The van der Waals surface area contributed by atoms with Crippen molar-refractivity contribution in [1.29, 1.82) is 0 Å². The van der Waals surface area contributed by atoms with Gasteiger partial charge in [0.15, 0.2) is 12.0 Å². The highest BCUT2D eigenvalue weighted by atomic mass is 19.1. The number of halogens is 1. The highest BCUT2D eigenvalue weighted by Gasteiger charge is 2.35. The van der Waals surface area contributed by atoms with Crippen LogP contribution in [0.15, 0.2) is 61.3 Å². The zero-order chi connectivity index (χ0) is 17.5. The molecule has 0 saturated heterocycles. The molecule has 1 aliphatic heterocycles. The van der Waals surface area contributed by atoms with E-state index in [4.69, 9.17) is 0 Å². The predicted octanol–water partition coefficient (Wildman–Crippen LogP) is 2.92. The second-order valence-corrected chi connectivity index (χ2v) is 6.11. The molecule has 8 heteroatoms. The van der Waals surface area contributed by atoms with Crippen LogP contribution in [-0.4, -0.2) is 34.5 Å². The SMILES string of the molecule is F[C@H]1C[C@@H](c2ccccc2)n2nc(-n3cc(-c4ccncn4)cn3)nc21. The topological polar surface area (TPSA) is 74.3 Å². The predicted molar refractivity (Wildman–Crippen MR) is 91.2 cm³/mol. The molecule has 1 aromatic carbocycles. The van der Waals surface area contributed by atoms with Crippen LogP contribution >= 0.6 is 0 Å². The lowest BCUT2D eigenvalue weighted by Crippen LogP contribution is -2.08. The minimum atomic E-state index is -1.14. The van der Waals surface area contributed by atoms with E-state index in [0.29, 0.717) is 18.2 Å². The molecule has 0 bridgehead atoms. The van der Waals surface area contributed by atoms with Crippen LogP contribution in [0.1, 0.15) is 30.0 Å². The van der Waals surface area contributed by atoms with Gasteiger partial charge < -0.3 is 0 Å². The molecule has 0 radical (unpaired) electrons. The number of hydrogen-bond donors (Lipinski definition) is 0. The summed E-state index contributed by atoms with van der Waals surface area (Å²) in [4.78, 5) is 12.5. The van der Waals surface area contributed by atoms with Gasteiger partial charge in [0.25, 0.3) is 5.95 Å². The summed E-state index contributed by atoms with van der Waals surface area (Å²) in [6.07, 6.45) is 5.81. The molecular formula is C18H14FN7. The Morgan fingerprint density at radius 2 is 2.00 bits per heavy atom. The van der Waals surface area contributed by atoms with Gasteiger partial charge in [0.1, 0.15) is 6.33 Å². The Morgan fingerprint density at radius 3 is 2.81 bits per heavy atom. The van der Waals surface area contributed by atoms with Crippen molar-refractivity contribution in [1.82, 2.24) is 34.5 Å². The number of fused-ring (bicyclic) bond motifs is 1. The molecular weight excluding hydrogens is 333 g/mol. The first-order valence-electron chi connectivity index (χ1n) is 8.26. The second-order valence-electron chi connectivity index (χ2n) is 6.11. The summed E-state index contributed by atoms with van der Waals surface area (Å²) in [6.45, 7) is 0. The van der Waals surface area contributed by atoms with Crippen LogP contribution in [0.5, 0.6) is 0 Å². The highest BCUT2D eigenvalue weighted by molar-refractivity contribution is 5.56. The largest absolute Gasteiger partial charge is 0.269 e. The van der Waals surface area contributed by atoms with Crippen LogP contribution in [0.4, 0.5) is 4.39 Å². The second kappa shape index (κ2) is 5.83. The molecule has 7 nitrogen and oxygen atoms in total. The van der Waals surface area contributed by atoms with Gasteiger partial charge in [-0.15, -0.1) is 5.10 Å². The zero-order valence-electron chi connectivity index (χ0n) is 13.6. The number of alkyl halides is 1. The fourth-order valence-electron chi connectivity index (χ4n) is 3.24. The first-order chi connectivity index (χ1) is 12.8. The zero-order valence-corrected chi connectivity index (χ0v) is 13.6. The highest BCUT2D eigenvalue weighted by Crippen LogP contribution is 2.39. The van der Waals surface area contributed by atoms with Crippen LogP contribution in [0.25, 0.3) is 17.2 Å². The van der Waals surface area contributed by atoms with Gasteiger partial charge in [-0.1, -0.05) is 30.3 Å². The Bertz CT molecular complexity index is 1040. The Balaban J connectivity index is 1.51. The van der Waals surface area contributed by atoms with E-state index in [-0.39, 0.29) is 6.04 Å². The maximum Gasteiger partial charge on any atom is 0.269 e. The molecule has 1 aliphatic rings. The van der Waals surface area contributed by atoms with Crippen molar-refractivity contribution in [2.75, 3.05) is 0 Å². The fourth-order valence-corrected chi connectivity index (χ4v) is 3.24. The number of aromatic nitrogens is 7. The van der Waals surface area contributed by atoms with Crippen molar-refractivity contribution in [2.45, 2.75) is 18.6 Å². The Kier molecular flexibility index (Phi) is 3.34. The van der Waals surface area contributed by atoms with E-state index in [1.54, 1.807) is 29.3 Å². The normalized spacial score (nSPS) is 18.8. The van der Waals surface area contributed by atoms with Crippen LogP contribution in [0, 0.1) is 0 Å². The van der Waals surface area contributed by atoms with Crippen LogP contribution in [-0.2, 0) is 0 Å². The lowest BCUT2D eigenvalue weighted by Gasteiger charge is -2.11. The average Bonchev–Trinajstić information content (AvgIpc) is 3.39. The van der Waals surface area contributed by atoms with Gasteiger partial charge in [0, 0.05) is 24.4 Å². The van der Waals surface area contributed by atoms with Crippen molar-refractivity contribution in [2.24, 2.45) is 0 Å². The van der Waals surface area contributed by atoms with E-state index >= 15 is 0 Å². The molecule has 0 saturated carbocycles. The van der Waals surface area contributed by atoms with Gasteiger partial charge in [-0.05, 0) is 11.6 Å². The summed E-state index contributed by atoms with van der Waals surface area (Å²) in [5.74, 6) is 0.691. The molecule has 0 spiro atoms. The van der Waals surface area contributed by atoms with E-state index < -0.39 is 6.17 Å². The van der Waals surface area contributed by atoms with Crippen LogP contribution in [0.3, 0.4) is 0 Å². The lowest BCUT2D eigenvalue weighted by molar-refractivity contribution is 0.328. The van der Waals surface area contributed by atoms with E-state index in [9.17, 15) is 4.39 Å². The van der Waals surface area contributed by atoms with Crippen LogP contribution in [0.2, 0.25) is 0 Å². The summed E-state index contributed by atoms with van der Waals surface area (Å²) >= 11 is 0. The molecule has 0 aliphatic carbocycles. The molecule has 0 N–H and O–H groups in total. The smallest absolute Gasteiger partial charge is 0.245 e. The quantitative estimate of drug-likeness (QED) is 0.570. The minimum Gasteiger partial charge on any atom is -0.245 e. The molecule has 2 atom stereocenters. The van der Waals surface area contributed by atoms with E-state index in [2.05, 4.69) is 25.1 Å². The maximum atomic E-state index is 14.5. The average molecular weight is 347 g/mol. The third kappa shape index (κ3) is 2.38. The van der Waals surface area contributed by atoms with Gasteiger partial charge >= 0.3 is 0 Å². The van der Waals surface area contributed by atoms with Crippen molar-refractivity contribution in [3.8, 4) is 17.2 Å². The summed E-state index contributed by atoms with van der Waals surface area (Å²) in [7, 11) is 0. The summed E-state index contributed by atoms with van der Waals surface area (Å²) in [5.41, 5.74) is 2.59. The third-order valence-corrected chi connectivity index (χ3v) is 4.50. The fraction of sp³-hybridized carbons (Fsp3) is 0.167. The van der Waals surface area contributed by atoms with E-state index in [1.165, 1.54) is 11.0 Å². The molecule has 26 heavy (non-hydrogen) atoms. The molecule has 128 valence electrons. The Morgan fingerprint density at radius 1 is 1.12 bits per heavy atom. The van der Waals surface area contributed by atoms with Gasteiger partial charge in [-0.2, -0.15) is 10.1 Å².